The minimum absolute atomic E-state index is 0.0275. The molecule has 0 atom stereocenters. The van der Waals surface area contributed by atoms with Crippen LogP contribution in [0.3, 0.4) is 0 Å². The lowest BCUT2D eigenvalue weighted by molar-refractivity contribution is -0.274. The van der Waals surface area contributed by atoms with E-state index in [1.807, 2.05) is 0 Å². The zero-order chi connectivity index (χ0) is 19.5. The van der Waals surface area contributed by atoms with Gasteiger partial charge in [0.25, 0.3) is 10.0 Å². The molecule has 10 heteroatoms. The predicted molar refractivity (Wildman–Crippen MR) is 86.5 cm³/mol. The molecule has 1 N–H and O–H groups in total. The second-order valence-electron chi connectivity index (χ2n) is 5.15. The SMILES string of the molecule is COC(=O)c1cc(S(=O)(=O)Nc2ccc(OC(F)(F)F)cc2)ccc1C. The highest BCUT2D eigenvalue weighted by molar-refractivity contribution is 7.92. The third kappa shape index (κ3) is 4.88. The molecule has 0 fully saturated rings. The van der Waals surface area contributed by atoms with Crippen LogP contribution in [0.1, 0.15) is 15.9 Å². The van der Waals surface area contributed by atoms with Crippen molar-refractivity contribution in [3.8, 4) is 5.75 Å². The van der Waals surface area contributed by atoms with E-state index in [9.17, 15) is 26.4 Å². The number of carbonyl (C=O) groups is 1. The van der Waals surface area contributed by atoms with E-state index in [1.54, 1.807) is 6.92 Å². The molecule has 0 saturated heterocycles. The lowest BCUT2D eigenvalue weighted by Gasteiger charge is -2.12. The van der Waals surface area contributed by atoms with E-state index in [0.29, 0.717) is 5.56 Å². The first-order valence-electron chi connectivity index (χ1n) is 7.09. The third-order valence-electron chi connectivity index (χ3n) is 3.26. The smallest absolute Gasteiger partial charge is 0.465 e. The van der Waals surface area contributed by atoms with Crippen LogP contribution in [0.5, 0.6) is 5.75 Å². The molecule has 140 valence electrons. The van der Waals surface area contributed by atoms with Gasteiger partial charge in [0.05, 0.1) is 17.6 Å². The molecule has 2 aromatic carbocycles. The predicted octanol–water partition coefficient (Wildman–Crippen LogP) is 3.48. The number of nitrogens with one attached hydrogen (secondary N) is 1. The van der Waals surface area contributed by atoms with Crippen LogP contribution in [0.4, 0.5) is 18.9 Å². The number of ether oxygens (including phenoxy) is 2. The standard InChI is InChI=1S/C16H14F3NO5S/c1-10-3-8-13(9-14(10)15(21)24-2)26(22,23)20-11-4-6-12(7-5-11)25-16(17,18)19/h3-9,20H,1-2H3. The van der Waals surface area contributed by atoms with E-state index in [1.165, 1.54) is 19.2 Å². The van der Waals surface area contributed by atoms with Gasteiger partial charge in [-0.3, -0.25) is 4.72 Å². The van der Waals surface area contributed by atoms with Crippen LogP contribution in [-0.2, 0) is 14.8 Å². The zero-order valence-electron chi connectivity index (χ0n) is 13.6. The van der Waals surface area contributed by atoms with Crippen LogP contribution in [0.2, 0.25) is 0 Å². The van der Waals surface area contributed by atoms with Gasteiger partial charge in [-0.15, -0.1) is 13.2 Å². The molecule has 0 saturated carbocycles. The van der Waals surface area contributed by atoms with Gasteiger partial charge in [0.1, 0.15) is 5.75 Å². The summed E-state index contributed by atoms with van der Waals surface area (Å²) in [5, 5.41) is 0. The van der Waals surface area contributed by atoms with Crippen molar-refractivity contribution in [2.24, 2.45) is 0 Å². The summed E-state index contributed by atoms with van der Waals surface area (Å²) in [4.78, 5) is 11.5. The quantitative estimate of drug-likeness (QED) is 0.792. The average Bonchev–Trinajstić information content (AvgIpc) is 2.54. The van der Waals surface area contributed by atoms with Gasteiger partial charge in [0.15, 0.2) is 0 Å². The van der Waals surface area contributed by atoms with E-state index >= 15 is 0 Å². The normalized spacial score (nSPS) is 11.7. The lowest BCUT2D eigenvalue weighted by atomic mass is 10.1. The summed E-state index contributed by atoms with van der Waals surface area (Å²) < 4.78 is 71.7. The molecule has 0 radical (unpaired) electrons. The number of anilines is 1. The molecule has 0 bridgehead atoms. The molecule has 26 heavy (non-hydrogen) atoms. The summed E-state index contributed by atoms with van der Waals surface area (Å²) in [7, 11) is -2.89. The Hall–Kier alpha value is -2.75. The van der Waals surface area contributed by atoms with Crippen LogP contribution in [-0.4, -0.2) is 27.9 Å². The first kappa shape index (κ1) is 19.6. The summed E-state index contributed by atoms with van der Waals surface area (Å²) >= 11 is 0. The first-order valence-corrected chi connectivity index (χ1v) is 8.58. The third-order valence-corrected chi connectivity index (χ3v) is 4.64. The van der Waals surface area contributed by atoms with Crippen LogP contribution in [0.25, 0.3) is 0 Å². The van der Waals surface area contributed by atoms with Crippen molar-refractivity contribution in [3.63, 3.8) is 0 Å². The maximum atomic E-state index is 12.4. The molecule has 0 aromatic heterocycles. The zero-order valence-corrected chi connectivity index (χ0v) is 14.4. The van der Waals surface area contributed by atoms with Crippen LogP contribution >= 0.6 is 0 Å². The second-order valence-corrected chi connectivity index (χ2v) is 6.83. The molecule has 0 heterocycles. The number of halogens is 3. The molecular formula is C16H14F3NO5S. The Kier molecular flexibility index (Phi) is 5.45. The van der Waals surface area contributed by atoms with Crippen molar-refractivity contribution in [1.82, 2.24) is 0 Å². The molecule has 0 spiro atoms. The first-order chi connectivity index (χ1) is 12.0. The molecule has 0 aliphatic heterocycles. The van der Waals surface area contributed by atoms with Crippen molar-refractivity contribution < 1.29 is 35.9 Å². The minimum Gasteiger partial charge on any atom is -0.465 e. The molecule has 0 amide bonds. The molecule has 0 aliphatic rings. The van der Waals surface area contributed by atoms with E-state index in [4.69, 9.17) is 0 Å². The molecule has 2 aromatic rings. The maximum Gasteiger partial charge on any atom is 0.573 e. The van der Waals surface area contributed by atoms with Gasteiger partial charge in [0.2, 0.25) is 0 Å². The Morgan fingerprint density at radius 2 is 1.69 bits per heavy atom. The number of esters is 1. The summed E-state index contributed by atoms with van der Waals surface area (Å²) in [5.41, 5.74) is 0.647. The molecule has 0 unspecified atom stereocenters. The Bertz CT molecular complexity index is 908. The van der Waals surface area contributed by atoms with Gasteiger partial charge < -0.3 is 9.47 Å². The number of benzene rings is 2. The van der Waals surface area contributed by atoms with Gasteiger partial charge in [-0.25, -0.2) is 13.2 Å². The molecule has 2 rings (SSSR count). The molecule has 0 aliphatic carbocycles. The van der Waals surface area contributed by atoms with Gasteiger partial charge in [-0.1, -0.05) is 6.07 Å². The lowest BCUT2D eigenvalue weighted by Crippen LogP contribution is -2.17. The van der Waals surface area contributed by atoms with Crippen molar-refractivity contribution in [2.45, 2.75) is 18.2 Å². The number of hydrogen-bond donors (Lipinski definition) is 1. The summed E-state index contributed by atoms with van der Waals surface area (Å²) in [6.07, 6.45) is -4.84. The van der Waals surface area contributed by atoms with Gasteiger partial charge >= 0.3 is 12.3 Å². The van der Waals surface area contributed by atoms with Gasteiger partial charge in [-0.05, 0) is 48.9 Å². The van der Waals surface area contributed by atoms with Crippen molar-refractivity contribution in [3.05, 3.63) is 53.6 Å². The number of sulfonamides is 1. The second kappa shape index (κ2) is 7.24. The highest BCUT2D eigenvalue weighted by atomic mass is 32.2. The fraction of sp³-hybridized carbons (Fsp3) is 0.188. The van der Waals surface area contributed by atoms with Crippen molar-refractivity contribution >= 4 is 21.7 Å². The van der Waals surface area contributed by atoms with Gasteiger partial charge in [0, 0.05) is 5.69 Å². The topological polar surface area (TPSA) is 81.7 Å². The fourth-order valence-corrected chi connectivity index (χ4v) is 3.12. The number of carbonyl (C=O) groups excluding carboxylic acids is 1. The number of rotatable bonds is 5. The Balaban J connectivity index is 2.25. The van der Waals surface area contributed by atoms with E-state index in [0.717, 1.165) is 30.3 Å². The van der Waals surface area contributed by atoms with E-state index in [2.05, 4.69) is 14.2 Å². The summed E-state index contributed by atoms with van der Waals surface area (Å²) in [6, 6.07) is 8.08. The minimum atomic E-state index is -4.84. The van der Waals surface area contributed by atoms with E-state index in [-0.39, 0.29) is 16.1 Å². The summed E-state index contributed by atoms with van der Waals surface area (Å²) in [6.45, 7) is 1.62. The highest BCUT2D eigenvalue weighted by Gasteiger charge is 2.31. The monoisotopic (exact) mass is 389 g/mol. The number of alkyl halides is 3. The van der Waals surface area contributed by atoms with Crippen LogP contribution in [0, 0.1) is 6.92 Å². The Morgan fingerprint density at radius 1 is 1.08 bits per heavy atom. The highest BCUT2D eigenvalue weighted by Crippen LogP contribution is 2.25. The molecule has 6 nitrogen and oxygen atoms in total. The number of methoxy groups -OCH3 is 1. The van der Waals surface area contributed by atoms with Crippen LogP contribution < -0.4 is 9.46 Å². The van der Waals surface area contributed by atoms with E-state index < -0.39 is 28.1 Å². The number of aryl methyl sites for hydroxylation is 1. The van der Waals surface area contributed by atoms with Crippen molar-refractivity contribution in [1.29, 1.82) is 0 Å². The number of hydrogen-bond acceptors (Lipinski definition) is 5. The summed E-state index contributed by atoms with van der Waals surface area (Å²) in [5.74, 6) is -1.17. The van der Waals surface area contributed by atoms with Crippen LogP contribution in [0.15, 0.2) is 47.4 Å². The maximum absolute atomic E-state index is 12.4. The Morgan fingerprint density at radius 3 is 2.23 bits per heavy atom. The van der Waals surface area contributed by atoms with Gasteiger partial charge in [-0.2, -0.15) is 0 Å². The average molecular weight is 389 g/mol. The Labute approximate surface area is 147 Å². The molecular weight excluding hydrogens is 375 g/mol. The fourth-order valence-electron chi connectivity index (χ4n) is 2.04. The van der Waals surface area contributed by atoms with Crippen molar-refractivity contribution in [2.75, 3.05) is 11.8 Å². The largest absolute Gasteiger partial charge is 0.573 e.